The van der Waals surface area contributed by atoms with Gasteiger partial charge in [-0.05, 0) is 47.9 Å². The average molecular weight is 434 g/mol. The van der Waals surface area contributed by atoms with Crippen molar-refractivity contribution in [2.75, 3.05) is 0 Å². The molecule has 2 aromatic carbocycles. The summed E-state index contributed by atoms with van der Waals surface area (Å²) in [4.78, 5) is 0. The van der Waals surface area contributed by atoms with Crippen molar-refractivity contribution in [3.05, 3.63) is 66.5 Å². The van der Waals surface area contributed by atoms with Gasteiger partial charge >= 0.3 is 0 Å². The highest BCUT2D eigenvalue weighted by Gasteiger charge is 2.14. The Morgan fingerprint density at radius 1 is 1.00 bits per heavy atom. The van der Waals surface area contributed by atoms with Crippen LogP contribution in [0.3, 0.4) is 0 Å². The number of nitrogens with two attached hydrogens (primary N) is 1. The topological polar surface area (TPSA) is 26.0 Å². The van der Waals surface area contributed by atoms with E-state index in [1.807, 2.05) is 24.3 Å². The zero-order chi connectivity index (χ0) is 13.3. The zero-order valence-electron chi connectivity index (χ0n) is 9.75. The predicted molar refractivity (Wildman–Crippen MR) is 86.8 cm³/mol. The number of hydrogen-bond acceptors (Lipinski definition) is 1. The molecule has 4 heteroatoms. The SMILES string of the molecule is Cc1cc(Br)c(C(N)c2cccc(Br)c2)cc1Br. The van der Waals surface area contributed by atoms with Gasteiger partial charge < -0.3 is 5.73 Å². The monoisotopic (exact) mass is 431 g/mol. The molecule has 0 aromatic heterocycles. The van der Waals surface area contributed by atoms with Crippen LogP contribution in [0, 0.1) is 6.92 Å². The molecule has 2 aromatic rings. The maximum atomic E-state index is 6.33. The Balaban J connectivity index is 2.46. The lowest BCUT2D eigenvalue weighted by atomic mass is 9.99. The minimum absolute atomic E-state index is 0.145. The summed E-state index contributed by atoms with van der Waals surface area (Å²) in [6.45, 7) is 2.06. The van der Waals surface area contributed by atoms with Crippen molar-refractivity contribution in [1.29, 1.82) is 0 Å². The third-order valence-electron chi connectivity index (χ3n) is 2.82. The normalized spacial score (nSPS) is 12.5. The fourth-order valence-corrected chi connectivity index (χ4v) is 3.26. The van der Waals surface area contributed by atoms with Gasteiger partial charge in [0.15, 0.2) is 0 Å². The van der Waals surface area contributed by atoms with E-state index >= 15 is 0 Å². The molecule has 0 saturated carbocycles. The summed E-state index contributed by atoms with van der Waals surface area (Å²) in [7, 11) is 0. The second-order valence-electron chi connectivity index (χ2n) is 4.16. The number of halogens is 3. The average Bonchev–Trinajstić information content (AvgIpc) is 2.33. The third-order valence-corrected chi connectivity index (χ3v) is 4.86. The summed E-state index contributed by atoms with van der Waals surface area (Å²) in [6, 6.07) is 12.1. The van der Waals surface area contributed by atoms with Crippen LogP contribution < -0.4 is 5.73 Å². The van der Waals surface area contributed by atoms with Gasteiger partial charge in [0.25, 0.3) is 0 Å². The van der Waals surface area contributed by atoms with Gasteiger partial charge in [0.05, 0.1) is 6.04 Å². The van der Waals surface area contributed by atoms with Crippen molar-refractivity contribution in [2.24, 2.45) is 5.73 Å². The fraction of sp³-hybridized carbons (Fsp3) is 0.143. The van der Waals surface area contributed by atoms with Crippen LogP contribution in [0.1, 0.15) is 22.7 Å². The highest BCUT2D eigenvalue weighted by Crippen LogP contribution is 2.32. The van der Waals surface area contributed by atoms with Crippen molar-refractivity contribution in [1.82, 2.24) is 0 Å². The molecule has 1 unspecified atom stereocenters. The van der Waals surface area contributed by atoms with Crippen molar-refractivity contribution >= 4 is 47.8 Å². The molecule has 0 amide bonds. The third kappa shape index (κ3) is 3.05. The van der Waals surface area contributed by atoms with Gasteiger partial charge in [0.2, 0.25) is 0 Å². The van der Waals surface area contributed by atoms with Crippen LogP contribution in [0.4, 0.5) is 0 Å². The van der Waals surface area contributed by atoms with Crippen molar-refractivity contribution in [3.63, 3.8) is 0 Å². The minimum Gasteiger partial charge on any atom is -0.320 e. The quantitative estimate of drug-likeness (QED) is 0.680. The van der Waals surface area contributed by atoms with E-state index < -0.39 is 0 Å². The van der Waals surface area contributed by atoms with E-state index in [1.54, 1.807) is 0 Å². The van der Waals surface area contributed by atoms with Crippen LogP contribution in [-0.2, 0) is 0 Å². The summed E-state index contributed by atoms with van der Waals surface area (Å²) in [5, 5.41) is 0. The van der Waals surface area contributed by atoms with E-state index in [-0.39, 0.29) is 6.04 Å². The molecule has 0 fully saturated rings. The van der Waals surface area contributed by atoms with E-state index in [1.165, 1.54) is 5.56 Å². The Morgan fingerprint density at radius 3 is 2.39 bits per heavy atom. The van der Waals surface area contributed by atoms with E-state index in [0.29, 0.717) is 0 Å². The van der Waals surface area contributed by atoms with Crippen LogP contribution in [0.15, 0.2) is 49.8 Å². The smallest absolute Gasteiger partial charge is 0.0563 e. The first-order valence-electron chi connectivity index (χ1n) is 5.45. The van der Waals surface area contributed by atoms with Gasteiger partial charge in [0, 0.05) is 13.4 Å². The molecule has 2 rings (SSSR count). The van der Waals surface area contributed by atoms with Crippen LogP contribution in [0.25, 0.3) is 0 Å². The number of rotatable bonds is 2. The first-order chi connectivity index (χ1) is 8.49. The lowest BCUT2D eigenvalue weighted by Crippen LogP contribution is -2.12. The molecule has 0 bridgehead atoms. The van der Waals surface area contributed by atoms with Gasteiger partial charge in [-0.1, -0.05) is 59.9 Å². The predicted octanol–water partition coefficient (Wildman–Crippen LogP) is 5.33. The highest BCUT2D eigenvalue weighted by atomic mass is 79.9. The Labute approximate surface area is 132 Å². The summed E-state index contributed by atoms with van der Waals surface area (Å²) in [5.74, 6) is 0. The molecular weight excluding hydrogens is 422 g/mol. The van der Waals surface area contributed by atoms with Crippen LogP contribution in [0.2, 0.25) is 0 Å². The van der Waals surface area contributed by atoms with Gasteiger partial charge in [-0.15, -0.1) is 0 Å². The number of benzene rings is 2. The van der Waals surface area contributed by atoms with Crippen molar-refractivity contribution in [3.8, 4) is 0 Å². The lowest BCUT2D eigenvalue weighted by Gasteiger charge is -2.16. The zero-order valence-corrected chi connectivity index (χ0v) is 14.5. The van der Waals surface area contributed by atoms with Crippen molar-refractivity contribution in [2.45, 2.75) is 13.0 Å². The van der Waals surface area contributed by atoms with Crippen molar-refractivity contribution < 1.29 is 0 Å². The molecule has 0 heterocycles. The van der Waals surface area contributed by atoms with Gasteiger partial charge in [-0.3, -0.25) is 0 Å². The summed E-state index contributed by atoms with van der Waals surface area (Å²) >= 11 is 10.6. The molecule has 2 N–H and O–H groups in total. The highest BCUT2D eigenvalue weighted by molar-refractivity contribution is 9.11. The standard InChI is InChI=1S/C14H12Br3N/c1-8-5-13(17)11(7-12(8)16)14(18)9-3-2-4-10(15)6-9/h2-7,14H,18H2,1H3. The lowest BCUT2D eigenvalue weighted by molar-refractivity contribution is 0.863. The van der Waals surface area contributed by atoms with E-state index in [2.05, 4.69) is 66.8 Å². The molecule has 1 nitrogen and oxygen atoms in total. The van der Waals surface area contributed by atoms with Gasteiger partial charge in [-0.2, -0.15) is 0 Å². The first kappa shape index (κ1) is 14.3. The molecule has 0 aliphatic rings. The maximum absolute atomic E-state index is 6.33. The Morgan fingerprint density at radius 2 is 1.72 bits per heavy atom. The molecule has 1 atom stereocenters. The Kier molecular flexibility index (Phi) is 4.64. The minimum atomic E-state index is -0.145. The molecule has 0 aliphatic carbocycles. The molecule has 0 spiro atoms. The molecule has 0 aliphatic heterocycles. The second-order valence-corrected chi connectivity index (χ2v) is 6.78. The molecule has 0 radical (unpaired) electrons. The van der Waals surface area contributed by atoms with Crippen LogP contribution in [0.5, 0.6) is 0 Å². The summed E-state index contributed by atoms with van der Waals surface area (Å²) in [5.41, 5.74) is 9.68. The molecule has 94 valence electrons. The maximum Gasteiger partial charge on any atom is 0.0563 e. The Hall–Kier alpha value is -0.160. The van der Waals surface area contributed by atoms with E-state index in [9.17, 15) is 0 Å². The Bertz CT molecular complexity index is 581. The number of aryl methyl sites for hydroxylation is 1. The second kappa shape index (κ2) is 5.87. The summed E-state index contributed by atoms with van der Waals surface area (Å²) < 4.78 is 3.15. The summed E-state index contributed by atoms with van der Waals surface area (Å²) in [6.07, 6.45) is 0. The number of hydrogen-bond donors (Lipinski definition) is 1. The van der Waals surface area contributed by atoms with E-state index in [0.717, 1.165) is 24.5 Å². The van der Waals surface area contributed by atoms with Gasteiger partial charge in [-0.25, -0.2) is 0 Å². The molecular formula is C14H12Br3N. The largest absolute Gasteiger partial charge is 0.320 e. The fourth-order valence-electron chi connectivity index (χ4n) is 1.78. The van der Waals surface area contributed by atoms with Gasteiger partial charge in [0.1, 0.15) is 0 Å². The van der Waals surface area contributed by atoms with Crippen LogP contribution in [-0.4, -0.2) is 0 Å². The molecule has 18 heavy (non-hydrogen) atoms. The first-order valence-corrected chi connectivity index (χ1v) is 7.83. The van der Waals surface area contributed by atoms with Crippen LogP contribution >= 0.6 is 47.8 Å². The molecule has 0 saturated heterocycles. The van der Waals surface area contributed by atoms with E-state index in [4.69, 9.17) is 5.73 Å².